The zero-order valence-corrected chi connectivity index (χ0v) is 10.0. The number of nitrogens with zero attached hydrogens (tertiary/aromatic N) is 1. The van der Waals surface area contributed by atoms with Gasteiger partial charge in [0.1, 0.15) is 10.3 Å². The number of halogens is 2. The van der Waals surface area contributed by atoms with Crippen molar-refractivity contribution in [3.8, 4) is 0 Å². The van der Waals surface area contributed by atoms with Gasteiger partial charge in [0.2, 0.25) is 0 Å². The summed E-state index contributed by atoms with van der Waals surface area (Å²) in [4.78, 5) is 3.91. The fraction of sp³-hybridized carbons (Fsp3) is 0.500. The molecular formula is C10H13Cl2NO2. The Balaban J connectivity index is 2.31. The zero-order chi connectivity index (χ0) is 11.1. The minimum absolute atomic E-state index is 0.392. The van der Waals surface area contributed by atoms with E-state index >= 15 is 0 Å². The van der Waals surface area contributed by atoms with E-state index in [0.717, 1.165) is 12.0 Å². The zero-order valence-electron chi connectivity index (χ0n) is 8.50. The monoisotopic (exact) mass is 249 g/mol. The maximum atomic E-state index is 5.87. The number of hydrogen-bond donors (Lipinski definition) is 0. The van der Waals surface area contributed by atoms with E-state index in [0.29, 0.717) is 30.1 Å². The molecule has 3 nitrogen and oxygen atoms in total. The number of hydrogen-bond acceptors (Lipinski definition) is 3. The molecule has 0 bridgehead atoms. The first-order valence-corrected chi connectivity index (χ1v) is 5.37. The third kappa shape index (κ3) is 4.80. The Labute approximate surface area is 99.3 Å². The van der Waals surface area contributed by atoms with Crippen LogP contribution in [-0.4, -0.2) is 25.3 Å². The first-order valence-electron chi connectivity index (χ1n) is 4.61. The van der Waals surface area contributed by atoms with Gasteiger partial charge in [-0.15, -0.1) is 0 Å². The molecule has 84 valence electrons. The van der Waals surface area contributed by atoms with Gasteiger partial charge in [0.15, 0.2) is 0 Å². The summed E-state index contributed by atoms with van der Waals surface area (Å²) in [6, 6.07) is 3.51. The number of ether oxygens (including phenoxy) is 2. The third-order valence-electron chi connectivity index (χ3n) is 1.79. The lowest BCUT2D eigenvalue weighted by molar-refractivity contribution is 0.0927. The second kappa shape index (κ2) is 7.01. The van der Waals surface area contributed by atoms with Crippen molar-refractivity contribution in [3.63, 3.8) is 0 Å². The van der Waals surface area contributed by atoms with Crippen LogP contribution in [-0.2, 0) is 16.1 Å². The van der Waals surface area contributed by atoms with Crippen LogP contribution in [0.1, 0.15) is 12.0 Å². The van der Waals surface area contributed by atoms with Crippen molar-refractivity contribution < 1.29 is 9.47 Å². The average Bonchev–Trinajstić information content (AvgIpc) is 2.20. The van der Waals surface area contributed by atoms with E-state index in [4.69, 9.17) is 32.7 Å². The molecule has 15 heavy (non-hydrogen) atoms. The molecule has 0 amide bonds. The molecule has 0 unspecified atom stereocenters. The number of rotatable bonds is 6. The first kappa shape index (κ1) is 12.7. The molecule has 0 atom stereocenters. The molecule has 0 saturated heterocycles. The molecule has 0 N–H and O–H groups in total. The van der Waals surface area contributed by atoms with Crippen LogP contribution >= 0.6 is 23.2 Å². The molecule has 0 aliphatic heterocycles. The summed E-state index contributed by atoms with van der Waals surface area (Å²) >= 11 is 11.5. The van der Waals surface area contributed by atoms with Crippen LogP contribution < -0.4 is 0 Å². The smallest absolute Gasteiger partial charge is 0.136 e. The lowest BCUT2D eigenvalue weighted by atomic mass is 10.3. The molecular weight excluding hydrogens is 237 g/mol. The molecule has 0 aliphatic rings. The summed E-state index contributed by atoms with van der Waals surface area (Å²) < 4.78 is 10.3. The quantitative estimate of drug-likeness (QED) is 0.574. The fourth-order valence-corrected chi connectivity index (χ4v) is 1.44. The molecule has 0 aliphatic carbocycles. The summed E-state index contributed by atoms with van der Waals surface area (Å²) in [5.74, 6) is 0. The second-order valence-corrected chi connectivity index (χ2v) is 3.73. The van der Waals surface area contributed by atoms with Crippen molar-refractivity contribution >= 4 is 23.2 Å². The van der Waals surface area contributed by atoms with Gasteiger partial charge < -0.3 is 9.47 Å². The average molecular weight is 250 g/mol. The Hall–Kier alpha value is -0.350. The van der Waals surface area contributed by atoms with E-state index < -0.39 is 0 Å². The Morgan fingerprint density at radius 3 is 2.73 bits per heavy atom. The van der Waals surface area contributed by atoms with Crippen LogP contribution in [0.3, 0.4) is 0 Å². The van der Waals surface area contributed by atoms with Crippen LogP contribution in [0.4, 0.5) is 0 Å². The summed E-state index contributed by atoms with van der Waals surface area (Å²) in [5, 5.41) is 0.789. The molecule has 0 saturated carbocycles. The highest BCUT2D eigenvalue weighted by atomic mass is 35.5. The molecule has 0 fully saturated rings. The lowest BCUT2D eigenvalue weighted by Crippen LogP contribution is -2.00. The predicted octanol–water partition coefficient (Wildman–Crippen LogP) is 2.94. The van der Waals surface area contributed by atoms with Gasteiger partial charge in [-0.25, -0.2) is 4.98 Å². The Morgan fingerprint density at radius 2 is 2.07 bits per heavy atom. The fourth-order valence-electron chi connectivity index (χ4n) is 1.04. The van der Waals surface area contributed by atoms with Gasteiger partial charge in [-0.3, -0.25) is 0 Å². The van der Waals surface area contributed by atoms with E-state index in [1.807, 2.05) is 6.07 Å². The highest BCUT2D eigenvalue weighted by Crippen LogP contribution is 2.17. The van der Waals surface area contributed by atoms with Crippen molar-refractivity contribution in [2.75, 3.05) is 20.3 Å². The number of pyridine rings is 1. The Kier molecular flexibility index (Phi) is 5.95. The minimum Gasteiger partial charge on any atom is -0.385 e. The highest BCUT2D eigenvalue weighted by Gasteiger charge is 2.02. The van der Waals surface area contributed by atoms with Gasteiger partial charge >= 0.3 is 0 Å². The van der Waals surface area contributed by atoms with E-state index in [-0.39, 0.29) is 0 Å². The Morgan fingerprint density at radius 1 is 1.27 bits per heavy atom. The molecule has 1 aromatic heterocycles. The minimum atomic E-state index is 0.392. The van der Waals surface area contributed by atoms with Crippen LogP contribution in [0.5, 0.6) is 0 Å². The van der Waals surface area contributed by atoms with E-state index in [1.54, 1.807) is 13.2 Å². The summed E-state index contributed by atoms with van der Waals surface area (Å²) in [5.41, 5.74) is 0.846. The van der Waals surface area contributed by atoms with Crippen LogP contribution in [0.25, 0.3) is 0 Å². The van der Waals surface area contributed by atoms with Gasteiger partial charge in [-0.1, -0.05) is 29.3 Å². The van der Waals surface area contributed by atoms with Gasteiger partial charge in [0.25, 0.3) is 0 Å². The lowest BCUT2D eigenvalue weighted by Gasteiger charge is -2.05. The van der Waals surface area contributed by atoms with Gasteiger partial charge in [-0.05, 0) is 12.5 Å². The summed E-state index contributed by atoms with van der Waals surface area (Å²) in [7, 11) is 1.67. The van der Waals surface area contributed by atoms with Crippen molar-refractivity contribution in [2.24, 2.45) is 0 Å². The van der Waals surface area contributed by atoms with Crippen molar-refractivity contribution in [2.45, 2.75) is 13.0 Å². The molecule has 1 rings (SSSR count). The second-order valence-electron chi connectivity index (χ2n) is 2.98. The molecule has 0 aromatic carbocycles. The van der Waals surface area contributed by atoms with Crippen LogP contribution in [0.15, 0.2) is 12.1 Å². The van der Waals surface area contributed by atoms with Gasteiger partial charge in [0.05, 0.1) is 6.61 Å². The van der Waals surface area contributed by atoms with Gasteiger partial charge in [-0.2, -0.15) is 0 Å². The third-order valence-corrected chi connectivity index (χ3v) is 2.32. The molecule has 0 spiro atoms. The van der Waals surface area contributed by atoms with Crippen LogP contribution in [0.2, 0.25) is 10.3 Å². The maximum Gasteiger partial charge on any atom is 0.136 e. The first-order chi connectivity index (χ1) is 7.24. The van der Waals surface area contributed by atoms with Crippen LogP contribution in [0, 0.1) is 0 Å². The SMILES string of the molecule is COCCCOCc1ccc(Cl)nc1Cl. The van der Waals surface area contributed by atoms with Crippen molar-refractivity contribution in [1.29, 1.82) is 0 Å². The Bertz CT molecular complexity index is 307. The summed E-state index contributed by atoms with van der Waals surface area (Å²) in [6.45, 7) is 1.80. The molecule has 1 heterocycles. The normalized spacial score (nSPS) is 10.6. The van der Waals surface area contributed by atoms with E-state index in [1.165, 1.54) is 0 Å². The largest absolute Gasteiger partial charge is 0.385 e. The van der Waals surface area contributed by atoms with Crippen molar-refractivity contribution in [1.82, 2.24) is 4.98 Å². The standard InChI is InChI=1S/C10H13Cl2NO2/c1-14-5-2-6-15-7-8-3-4-9(11)13-10(8)12/h3-4H,2,5-7H2,1H3. The highest BCUT2D eigenvalue weighted by molar-refractivity contribution is 6.32. The molecule has 1 aromatic rings. The maximum absolute atomic E-state index is 5.87. The van der Waals surface area contributed by atoms with E-state index in [9.17, 15) is 0 Å². The van der Waals surface area contributed by atoms with Gasteiger partial charge in [0, 0.05) is 25.9 Å². The number of aromatic nitrogens is 1. The topological polar surface area (TPSA) is 31.4 Å². The summed E-state index contributed by atoms with van der Waals surface area (Å²) in [6.07, 6.45) is 0.870. The number of methoxy groups -OCH3 is 1. The molecule has 0 radical (unpaired) electrons. The molecule has 5 heteroatoms. The van der Waals surface area contributed by atoms with Crippen molar-refractivity contribution in [3.05, 3.63) is 28.0 Å². The predicted molar refractivity (Wildman–Crippen MR) is 60.4 cm³/mol. The van der Waals surface area contributed by atoms with E-state index in [2.05, 4.69) is 4.98 Å².